The predicted octanol–water partition coefficient (Wildman–Crippen LogP) is 6.70. The number of aryl methyl sites for hydroxylation is 1. The van der Waals surface area contributed by atoms with Crippen LogP contribution in [0.2, 0.25) is 0 Å². The number of benzene rings is 1. The molecule has 10 nitrogen and oxygen atoms in total. The number of unbranched alkanes of at least 4 members (excludes halogenated alkanes) is 3. The molecule has 1 atom stereocenters. The van der Waals surface area contributed by atoms with Gasteiger partial charge in [0.2, 0.25) is 0 Å². The third kappa shape index (κ3) is 25.3. The van der Waals surface area contributed by atoms with E-state index in [4.69, 9.17) is 9.47 Å². The lowest BCUT2D eigenvalue weighted by atomic mass is 9.96. The molecule has 1 aromatic rings. The van der Waals surface area contributed by atoms with Crippen molar-refractivity contribution in [2.75, 3.05) is 6.61 Å². The summed E-state index contributed by atoms with van der Waals surface area (Å²) in [6.45, 7) is 5.93. The molecule has 248 valence electrons. The normalized spacial score (nSPS) is 13.3. The van der Waals surface area contributed by atoms with Crippen molar-refractivity contribution in [1.29, 1.82) is 0 Å². The van der Waals surface area contributed by atoms with Crippen LogP contribution in [0.3, 0.4) is 0 Å². The van der Waals surface area contributed by atoms with Gasteiger partial charge in [-0.1, -0.05) is 81.5 Å². The van der Waals surface area contributed by atoms with Crippen molar-refractivity contribution in [1.82, 2.24) is 0 Å². The first-order valence-electron chi connectivity index (χ1n) is 15.6. The van der Waals surface area contributed by atoms with Gasteiger partial charge in [0.1, 0.15) is 6.10 Å². The van der Waals surface area contributed by atoms with Gasteiger partial charge in [-0.15, -0.1) is 10.1 Å². The lowest BCUT2D eigenvalue weighted by molar-refractivity contribution is -0.757. The van der Waals surface area contributed by atoms with Gasteiger partial charge in [0.05, 0.1) is 12.7 Å². The topological polar surface area (TPSA) is 168 Å². The number of nitrogens with zero attached hydrogens (tertiary/aromatic N) is 1. The molecule has 1 unspecified atom stereocenters. The highest BCUT2D eigenvalue weighted by atomic mass is 16.9. The van der Waals surface area contributed by atoms with Crippen molar-refractivity contribution in [3.05, 3.63) is 58.2 Å². The van der Waals surface area contributed by atoms with Crippen LogP contribution in [0.15, 0.2) is 42.5 Å². The Kier molecular flexibility index (Phi) is 27.3. The van der Waals surface area contributed by atoms with Gasteiger partial charge in [-0.25, -0.2) is 0 Å². The van der Waals surface area contributed by atoms with Crippen LogP contribution in [0, 0.1) is 16.0 Å². The van der Waals surface area contributed by atoms with Crippen molar-refractivity contribution in [2.45, 2.75) is 136 Å². The zero-order chi connectivity index (χ0) is 30.1. The molecule has 1 aliphatic carbocycles. The second kappa shape index (κ2) is 27.8. The third-order valence-electron chi connectivity index (χ3n) is 7.01. The number of esters is 2. The number of carbonyl (C=O) groups excluding carboxylic acids is 2. The molecule has 0 aliphatic heterocycles. The Labute approximate surface area is 258 Å². The van der Waals surface area contributed by atoms with Gasteiger partial charge in [0.25, 0.3) is 5.09 Å². The zero-order valence-electron chi connectivity index (χ0n) is 26.6. The second-order valence-electron chi connectivity index (χ2n) is 11.0. The summed E-state index contributed by atoms with van der Waals surface area (Å²) in [7, 11) is 0. The second-order valence-corrected chi connectivity index (χ2v) is 11.0. The predicted molar refractivity (Wildman–Crippen MR) is 169 cm³/mol. The van der Waals surface area contributed by atoms with E-state index < -0.39 is 5.09 Å². The summed E-state index contributed by atoms with van der Waals surface area (Å²) in [5, 5.41) is 9.31. The van der Waals surface area contributed by atoms with Gasteiger partial charge in [-0.2, -0.15) is 0 Å². The fourth-order valence-electron chi connectivity index (χ4n) is 4.86. The molecule has 0 bridgehead atoms. The Morgan fingerprint density at radius 2 is 1.58 bits per heavy atom. The van der Waals surface area contributed by atoms with E-state index in [1.165, 1.54) is 31.2 Å². The lowest BCUT2D eigenvalue weighted by Crippen LogP contribution is -2.20. The monoisotopic (exact) mass is 611 g/mol. The van der Waals surface area contributed by atoms with Crippen LogP contribution in [0.4, 0.5) is 0 Å². The van der Waals surface area contributed by atoms with Gasteiger partial charge in [0, 0.05) is 12.8 Å². The van der Waals surface area contributed by atoms with Crippen LogP contribution in [0.5, 0.6) is 0 Å². The molecule has 0 amide bonds. The first kappa shape index (κ1) is 42.2. The molecule has 1 fully saturated rings. The molecular formula is C33H57NO9. The van der Waals surface area contributed by atoms with E-state index in [2.05, 4.69) is 36.0 Å². The molecule has 2 rings (SSSR count). The number of hydrogen-bond acceptors (Lipinski definition) is 7. The molecule has 10 heteroatoms. The first-order chi connectivity index (χ1) is 19.8. The summed E-state index contributed by atoms with van der Waals surface area (Å²) < 4.78 is 10.8. The zero-order valence-corrected chi connectivity index (χ0v) is 26.6. The van der Waals surface area contributed by atoms with Crippen molar-refractivity contribution in [3.8, 4) is 0 Å². The fourth-order valence-corrected chi connectivity index (χ4v) is 4.86. The Morgan fingerprint density at radius 3 is 2.21 bits per heavy atom. The van der Waals surface area contributed by atoms with E-state index in [-0.39, 0.29) is 41.7 Å². The Balaban J connectivity index is 0. The Morgan fingerprint density at radius 1 is 0.930 bits per heavy atom. The van der Waals surface area contributed by atoms with Crippen LogP contribution < -0.4 is 0 Å². The Bertz CT molecular complexity index is 855. The SMILES string of the molecule is CC/C=C\CCCC(=O)OC(C)C.O.O.O=C(CCCCCO[N+](=O)[O-])OC(CCc1ccccc1)CCC1CCCC1. The van der Waals surface area contributed by atoms with Crippen molar-refractivity contribution < 1.29 is 39.9 Å². The molecule has 4 N–H and O–H groups in total. The quantitative estimate of drug-likeness (QED) is 0.0520. The van der Waals surface area contributed by atoms with Crippen LogP contribution >= 0.6 is 0 Å². The van der Waals surface area contributed by atoms with Crippen LogP contribution in [0.25, 0.3) is 0 Å². The number of hydrogen-bond donors (Lipinski definition) is 0. The largest absolute Gasteiger partial charge is 0.463 e. The van der Waals surface area contributed by atoms with Gasteiger partial charge in [-0.3, -0.25) is 9.59 Å². The van der Waals surface area contributed by atoms with Gasteiger partial charge < -0.3 is 25.3 Å². The molecule has 0 heterocycles. The average Bonchev–Trinajstić information content (AvgIpc) is 3.46. The maximum atomic E-state index is 12.2. The number of rotatable bonds is 20. The minimum Gasteiger partial charge on any atom is -0.463 e. The van der Waals surface area contributed by atoms with E-state index in [0.717, 1.165) is 57.3 Å². The molecule has 1 saturated carbocycles. The van der Waals surface area contributed by atoms with E-state index in [0.29, 0.717) is 25.7 Å². The summed E-state index contributed by atoms with van der Waals surface area (Å²) in [5.41, 5.74) is 1.27. The van der Waals surface area contributed by atoms with E-state index in [1.54, 1.807) is 0 Å². The molecule has 1 aromatic carbocycles. The van der Waals surface area contributed by atoms with E-state index in [9.17, 15) is 19.7 Å². The van der Waals surface area contributed by atoms with Crippen LogP contribution in [-0.4, -0.2) is 46.8 Å². The highest BCUT2D eigenvalue weighted by Gasteiger charge is 2.20. The minimum absolute atomic E-state index is 0. The molecule has 0 saturated heterocycles. The first-order valence-corrected chi connectivity index (χ1v) is 15.6. The maximum Gasteiger partial charge on any atom is 0.306 e. The summed E-state index contributed by atoms with van der Waals surface area (Å²) in [5.74, 6) is 0.555. The molecule has 43 heavy (non-hydrogen) atoms. The number of allylic oxidation sites excluding steroid dienone is 2. The van der Waals surface area contributed by atoms with E-state index >= 15 is 0 Å². The van der Waals surface area contributed by atoms with Crippen LogP contribution in [-0.2, 0) is 30.3 Å². The standard InChI is InChI=1S/C22H33NO5.C11H20O2.2H2O/c24-22(13-5-2-8-18-27-23(25)26)28-21(17-15-20-11-6-7-12-20)16-14-19-9-3-1-4-10-19;1-4-5-6-7-8-9-11(12)13-10(2)3;;/h1,3-4,9-10,20-21H,2,5-8,11-18H2;5-6,10H,4,7-9H2,1-3H3;2*1H2/b;6-5-;;. The van der Waals surface area contributed by atoms with Gasteiger partial charge in [-0.05, 0) is 83.1 Å². The van der Waals surface area contributed by atoms with E-state index in [1.807, 2.05) is 32.0 Å². The van der Waals surface area contributed by atoms with Crippen LogP contribution in [0.1, 0.15) is 123 Å². The highest BCUT2D eigenvalue weighted by Crippen LogP contribution is 2.30. The van der Waals surface area contributed by atoms with Gasteiger partial charge >= 0.3 is 11.9 Å². The maximum absolute atomic E-state index is 12.2. The lowest BCUT2D eigenvalue weighted by Gasteiger charge is -2.20. The number of ether oxygens (including phenoxy) is 2. The van der Waals surface area contributed by atoms with Crippen molar-refractivity contribution >= 4 is 11.9 Å². The molecule has 0 spiro atoms. The summed E-state index contributed by atoms with van der Waals surface area (Å²) in [4.78, 5) is 37.6. The summed E-state index contributed by atoms with van der Waals surface area (Å²) in [6.07, 6.45) is 19.2. The average molecular weight is 612 g/mol. The smallest absolute Gasteiger partial charge is 0.306 e. The Hall–Kier alpha value is -2.98. The van der Waals surface area contributed by atoms with Crippen molar-refractivity contribution in [2.24, 2.45) is 5.92 Å². The summed E-state index contributed by atoms with van der Waals surface area (Å²) in [6, 6.07) is 10.3. The van der Waals surface area contributed by atoms with Gasteiger partial charge in [0.15, 0.2) is 0 Å². The number of carbonyl (C=O) groups is 2. The highest BCUT2D eigenvalue weighted by molar-refractivity contribution is 5.69. The molecule has 0 radical (unpaired) electrons. The van der Waals surface area contributed by atoms with Crippen molar-refractivity contribution in [3.63, 3.8) is 0 Å². The minimum atomic E-state index is -0.782. The third-order valence-corrected chi connectivity index (χ3v) is 7.01. The molecule has 1 aliphatic rings. The molecule has 0 aromatic heterocycles. The molecular weight excluding hydrogens is 554 g/mol. The summed E-state index contributed by atoms with van der Waals surface area (Å²) >= 11 is 0. The fraction of sp³-hybridized carbons (Fsp3) is 0.697.